The van der Waals surface area contributed by atoms with Gasteiger partial charge in [0.1, 0.15) is 11.5 Å². The van der Waals surface area contributed by atoms with Crippen LogP contribution in [0.2, 0.25) is 0 Å². The summed E-state index contributed by atoms with van der Waals surface area (Å²) < 4.78 is 39.5. The molecule has 0 aliphatic heterocycles. The first-order chi connectivity index (χ1) is 8.13. The van der Waals surface area contributed by atoms with Gasteiger partial charge in [0.15, 0.2) is 17.9 Å². The summed E-state index contributed by atoms with van der Waals surface area (Å²) in [5.41, 5.74) is -0.410. The van der Waals surface area contributed by atoms with Crippen LogP contribution < -0.4 is 0 Å². The number of pyridine rings is 1. The molecule has 0 atom stereocenters. The summed E-state index contributed by atoms with van der Waals surface area (Å²) in [5, 5.41) is 0. The monoisotopic (exact) mass is 237 g/mol. The summed E-state index contributed by atoms with van der Waals surface area (Å²) >= 11 is 0. The summed E-state index contributed by atoms with van der Waals surface area (Å²) in [4.78, 5) is 14.2. The molecule has 2 aromatic rings. The lowest BCUT2D eigenvalue weighted by Gasteiger charge is -2.06. The lowest BCUT2D eigenvalue weighted by Crippen LogP contribution is -1.97. The highest BCUT2D eigenvalue weighted by Gasteiger charge is 2.14. The van der Waals surface area contributed by atoms with Crippen molar-refractivity contribution in [3.8, 4) is 11.1 Å². The molecule has 0 spiro atoms. The van der Waals surface area contributed by atoms with Crippen LogP contribution in [-0.4, -0.2) is 11.3 Å². The SMILES string of the molecule is O=Cc1ncc(F)cc1-c1cccc(F)c1F. The third-order valence-electron chi connectivity index (χ3n) is 2.24. The van der Waals surface area contributed by atoms with Crippen LogP contribution in [0.1, 0.15) is 10.5 Å². The number of halogens is 3. The molecule has 86 valence electrons. The van der Waals surface area contributed by atoms with E-state index in [-0.39, 0.29) is 16.8 Å². The predicted octanol–water partition coefficient (Wildman–Crippen LogP) is 2.98. The molecule has 2 rings (SSSR count). The molecule has 0 unspecified atom stereocenters. The van der Waals surface area contributed by atoms with Gasteiger partial charge in [-0.25, -0.2) is 18.2 Å². The smallest absolute Gasteiger partial charge is 0.169 e. The highest BCUT2D eigenvalue weighted by molar-refractivity contribution is 5.85. The fraction of sp³-hybridized carbons (Fsp3) is 0. The van der Waals surface area contributed by atoms with Gasteiger partial charge in [-0.2, -0.15) is 0 Å². The maximum absolute atomic E-state index is 13.5. The van der Waals surface area contributed by atoms with Crippen LogP contribution in [0.3, 0.4) is 0 Å². The average Bonchev–Trinajstić information content (AvgIpc) is 2.33. The van der Waals surface area contributed by atoms with Crippen molar-refractivity contribution < 1.29 is 18.0 Å². The highest BCUT2D eigenvalue weighted by Crippen LogP contribution is 2.26. The molecule has 0 aliphatic carbocycles. The molecule has 1 aromatic heterocycles. The van der Waals surface area contributed by atoms with Gasteiger partial charge in [0.2, 0.25) is 0 Å². The Morgan fingerprint density at radius 1 is 1.12 bits per heavy atom. The standard InChI is InChI=1S/C12H6F3NO/c13-7-4-9(11(6-17)16-5-7)8-2-1-3-10(14)12(8)15/h1-6H. The Morgan fingerprint density at radius 2 is 1.88 bits per heavy atom. The van der Waals surface area contributed by atoms with Crippen LogP contribution >= 0.6 is 0 Å². The Morgan fingerprint density at radius 3 is 2.59 bits per heavy atom. The molecule has 0 radical (unpaired) electrons. The molecule has 1 aromatic carbocycles. The normalized spacial score (nSPS) is 10.3. The number of nitrogens with zero attached hydrogens (tertiary/aromatic N) is 1. The molecule has 0 fully saturated rings. The maximum atomic E-state index is 13.5. The number of rotatable bonds is 2. The molecular formula is C12H6F3NO. The van der Waals surface area contributed by atoms with Crippen molar-refractivity contribution in [2.75, 3.05) is 0 Å². The maximum Gasteiger partial charge on any atom is 0.169 e. The largest absolute Gasteiger partial charge is 0.296 e. The van der Waals surface area contributed by atoms with Gasteiger partial charge in [-0.3, -0.25) is 4.79 Å². The second-order valence-electron chi connectivity index (χ2n) is 3.31. The van der Waals surface area contributed by atoms with E-state index in [1.54, 1.807) is 0 Å². The molecule has 0 aliphatic rings. The van der Waals surface area contributed by atoms with Crippen molar-refractivity contribution in [1.82, 2.24) is 4.98 Å². The molecule has 0 saturated carbocycles. The summed E-state index contributed by atoms with van der Waals surface area (Å²) in [5.74, 6) is -2.93. The quantitative estimate of drug-likeness (QED) is 0.751. The third kappa shape index (κ3) is 2.04. The summed E-state index contributed by atoms with van der Waals surface area (Å²) in [7, 11) is 0. The number of hydrogen-bond acceptors (Lipinski definition) is 2. The van der Waals surface area contributed by atoms with Crippen molar-refractivity contribution in [1.29, 1.82) is 0 Å². The molecule has 2 nitrogen and oxygen atoms in total. The third-order valence-corrected chi connectivity index (χ3v) is 2.24. The summed E-state index contributed by atoms with van der Waals surface area (Å²) in [6.45, 7) is 0. The van der Waals surface area contributed by atoms with Crippen LogP contribution in [0.25, 0.3) is 11.1 Å². The van der Waals surface area contributed by atoms with Crippen LogP contribution in [0.15, 0.2) is 30.5 Å². The van der Waals surface area contributed by atoms with Gasteiger partial charge in [-0.05, 0) is 12.1 Å². The topological polar surface area (TPSA) is 30.0 Å². The Labute approximate surface area is 94.7 Å². The van der Waals surface area contributed by atoms with Gasteiger partial charge in [0, 0.05) is 11.1 Å². The fourth-order valence-electron chi connectivity index (χ4n) is 1.47. The zero-order chi connectivity index (χ0) is 12.4. The number of benzene rings is 1. The summed E-state index contributed by atoms with van der Waals surface area (Å²) in [6, 6.07) is 4.40. The van der Waals surface area contributed by atoms with Crippen molar-refractivity contribution in [2.45, 2.75) is 0 Å². The first-order valence-corrected chi connectivity index (χ1v) is 4.68. The molecule has 1 heterocycles. The average molecular weight is 237 g/mol. The van der Waals surface area contributed by atoms with Crippen molar-refractivity contribution in [3.05, 3.63) is 53.6 Å². The predicted molar refractivity (Wildman–Crippen MR) is 54.9 cm³/mol. The first kappa shape index (κ1) is 11.3. The number of aromatic nitrogens is 1. The van der Waals surface area contributed by atoms with E-state index in [9.17, 15) is 18.0 Å². The fourth-order valence-corrected chi connectivity index (χ4v) is 1.47. The van der Waals surface area contributed by atoms with E-state index >= 15 is 0 Å². The van der Waals surface area contributed by atoms with Crippen LogP contribution in [-0.2, 0) is 0 Å². The van der Waals surface area contributed by atoms with E-state index < -0.39 is 17.5 Å². The highest BCUT2D eigenvalue weighted by atomic mass is 19.2. The zero-order valence-corrected chi connectivity index (χ0v) is 8.45. The van der Waals surface area contributed by atoms with Gasteiger partial charge in [-0.15, -0.1) is 0 Å². The number of aldehydes is 1. The second kappa shape index (κ2) is 4.37. The number of carbonyl (C=O) groups excluding carboxylic acids is 1. The van der Waals surface area contributed by atoms with Gasteiger partial charge in [0.25, 0.3) is 0 Å². The van der Waals surface area contributed by atoms with Crippen LogP contribution in [0, 0.1) is 17.5 Å². The Bertz CT molecular complexity index is 584. The molecule has 0 saturated heterocycles. The Hall–Kier alpha value is -2.17. The molecule has 5 heteroatoms. The van der Waals surface area contributed by atoms with E-state index in [0.29, 0.717) is 6.29 Å². The van der Waals surface area contributed by atoms with Gasteiger partial charge in [0.05, 0.1) is 6.20 Å². The summed E-state index contributed by atoms with van der Waals surface area (Å²) in [6.07, 6.45) is 1.20. The van der Waals surface area contributed by atoms with E-state index in [0.717, 1.165) is 18.3 Å². The van der Waals surface area contributed by atoms with E-state index in [1.165, 1.54) is 12.1 Å². The van der Waals surface area contributed by atoms with E-state index in [2.05, 4.69) is 4.98 Å². The van der Waals surface area contributed by atoms with Crippen molar-refractivity contribution in [3.63, 3.8) is 0 Å². The van der Waals surface area contributed by atoms with Gasteiger partial charge >= 0.3 is 0 Å². The van der Waals surface area contributed by atoms with Gasteiger partial charge < -0.3 is 0 Å². The Kier molecular flexibility index (Phi) is 2.91. The number of carbonyl (C=O) groups is 1. The number of hydrogen-bond donors (Lipinski definition) is 0. The minimum absolute atomic E-state index is 0.0722. The molecular weight excluding hydrogens is 231 g/mol. The molecule has 17 heavy (non-hydrogen) atoms. The molecule has 0 N–H and O–H groups in total. The lowest BCUT2D eigenvalue weighted by molar-refractivity contribution is 0.111. The minimum Gasteiger partial charge on any atom is -0.296 e. The van der Waals surface area contributed by atoms with Crippen LogP contribution in [0.4, 0.5) is 13.2 Å². The van der Waals surface area contributed by atoms with E-state index in [1.807, 2.05) is 0 Å². The van der Waals surface area contributed by atoms with E-state index in [4.69, 9.17) is 0 Å². The van der Waals surface area contributed by atoms with Gasteiger partial charge in [-0.1, -0.05) is 12.1 Å². The second-order valence-corrected chi connectivity index (χ2v) is 3.31. The molecule has 0 bridgehead atoms. The van der Waals surface area contributed by atoms with Crippen LogP contribution in [0.5, 0.6) is 0 Å². The van der Waals surface area contributed by atoms with Crippen molar-refractivity contribution >= 4 is 6.29 Å². The lowest BCUT2D eigenvalue weighted by atomic mass is 10.0. The minimum atomic E-state index is -1.14. The Balaban J connectivity index is 2.71. The van der Waals surface area contributed by atoms with Crippen molar-refractivity contribution in [2.24, 2.45) is 0 Å². The first-order valence-electron chi connectivity index (χ1n) is 4.68. The zero-order valence-electron chi connectivity index (χ0n) is 8.45. The molecule has 0 amide bonds.